The molecule has 132 valence electrons. The molecule has 5 heteroatoms. The Bertz CT molecular complexity index is 1010. The largest absolute Gasteiger partial charge is 0.477 e. The molecule has 0 radical (unpaired) electrons. The van der Waals surface area contributed by atoms with E-state index in [9.17, 15) is 14.7 Å². The molecule has 0 saturated carbocycles. The lowest BCUT2D eigenvalue weighted by molar-refractivity contribution is 0.0693. The van der Waals surface area contributed by atoms with E-state index in [-0.39, 0.29) is 5.56 Å². The highest BCUT2D eigenvalue weighted by atomic mass is 16.4. The van der Waals surface area contributed by atoms with Crippen LogP contribution in [0.4, 0.5) is 0 Å². The average molecular weight is 348 g/mol. The summed E-state index contributed by atoms with van der Waals surface area (Å²) in [6.45, 7) is 4.29. The zero-order valence-electron chi connectivity index (χ0n) is 14.8. The maximum atomic E-state index is 12.4. The molecule has 5 nitrogen and oxygen atoms in total. The topological polar surface area (TPSA) is 72.2 Å². The van der Waals surface area contributed by atoms with Crippen LogP contribution in [0.1, 0.15) is 38.4 Å². The first-order valence-corrected chi connectivity index (χ1v) is 8.37. The van der Waals surface area contributed by atoms with Gasteiger partial charge in [0.2, 0.25) is 0 Å². The number of carboxylic acids is 1. The van der Waals surface area contributed by atoms with Crippen LogP contribution in [-0.2, 0) is 13.0 Å². The van der Waals surface area contributed by atoms with E-state index < -0.39 is 11.4 Å². The maximum Gasteiger partial charge on any atom is 0.341 e. The minimum atomic E-state index is -1.19. The van der Waals surface area contributed by atoms with E-state index in [0.29, 0.717) is 18.7 Å². The molecule has 0 bridgehead atoms. The van der Waals surface area contributed by atoms with Crippen LogP contribution in [0.2, 0.25) is 0 Å². The summed E-state index contributed by atoms with van der Waals surface area (Å²) in [4.78, 5) is 28.2. The molecule has 0 fully saturated rings. The van der Waals surface area contributed by atoms with Crippen LogP contribution < -0.4 is 5.43 Å². The van der Waals surface area contributed by atoms with E-state index in [2.05, 4.69) is 4.98 Å². The van der Waals surface area contributed by atoms with Crippen LogP contribution in [0, 0.1) is 13.8 Å². The number of rotatable bonds is 5. The SMILES string of the molecule is Cc1ccccc1Cc1c(C(=O)O)c(=O)cc(C)n1Cc1ccncc1. The average Bonchev–Trinajstić information content (AvgIpc) is 2.60. The van der Waals surface area contributed by atoms with Crippen molar-refractivity contribution in [3.63, 3.8) is 0 Å². The third kappa shape index (κ3) is 3.57. The molecular weight excluding hydrogens is 328 g/mol. The second-order valence-electron chi connectivity index (χ2n) is 6.32. The van der Waals surface area contributed by atoms with Crippen molar-refractivity contribution < 1.29 is 9.90 Å². The molecular formula is C21H20N2O3. The van der Waals surface area contributed by atoms with Gasteiger partial charge in [-0.15, -0.1) is 0 Å². The van der Waals surface area contributed by atoms with Gasteiger partial charge in [-0.25, -0.2) is 4.79 Å². The summed E-state index contributed by atoms with van der Waals surface area (Å²) in [7, 11) is 0. The van der Waals surface area contributed by atoms with Gasteiger partial charge in [-0.1, -0.05) is 24.3 Å². The van der Waals surface area contributed by atoms with Crippen molar-refractivity contribution in [1.82, 2.24) is 9.55 Å². The van der Waals surface area contributed by atoms with Gasteiger partial charge >= 0.3 is 5.97 Å². The second kappa shape index (κ2) is 7.35. The molecule has 0 saturated heterocycles. The third-order valence-electron chi connectivity index (χ3n) is 4.55. The molecule has 3 rings (SSSR count). The van der Waals surface area contributed by atoms with E-state index in [0.717, 1.165) is 22.4 Å². The molecule has 0 aliphatic carbocycles. The van der Waals surface area contributed by atoms with Gasteiger partial charge in [0.25, 0.3) is 0 Å². The number of aromatic carboxylic acids is 1. The summed E-state index contributed by atoms with van der Waals surface area (Å²) in [5.74, 6) is -1.19. The Balaban J connectivity index is 2.19. The standard InChI is InChI=1S/C21H20N2O3/c1-14-5-3-4-6-17(14)12-18-20(21(25)26)19(24)11-15(2)23(18)13-16-7-9-22-10-8-16/h3-11H,12-13H2,1-2H3,(H,25,26). The normalized spacial score (nSPS) is 10.7. The highest BCUT2D eigenvalue weighted by Crippen LogP contribution is 2.19. The van der Waals surface area contributed by atoms with Crippen molar-refractivity contribution in [3.05, 3.63) is 98.7 Å². The van der Waals surface area contributed by atoms with Gasteiger partial charge in [-0.2, -0.15) is 0 Å². The van der Waals surface area contributed by atoms with Crippen molar-refractivity contribution in [2.45, 2.75) is 26.8 Å². The van der Waals surface area contributed by atoms with Crippen LogP contribution in [0.25, 0.3) is 0 Å². The number of hydrogen-bond acceptors (Lipinski definition) is 3. The monoisotopic (exact) mass is 348 g/mol. The first kappa shape index (κ1) is 17.6. The molecule has 0 amide bonds. The zero-order valence-corrected chi connectivity index (χ0v) is 14.8. The van der Waals surface area contributed by atoms with E-state index in [1.807, 2.05) is 54.8 Å². The molecule has 1 N–H and O–H groups in total. The molecule has 0 spiro atoms. The van der Waals surface area contributed by atoms with Crippen LogP contribution in [-0.4, -0.2) is 20.6 Å². The fourth-order valence-corrected chi connectivity index (χ4v) is 3.12. The predicted molar refractivity (Wildman–Crippen MR) is 99.7 cm³/mol. The zero-order chi connectivity index (χ0) is 18.7. The van der Waals surface area contributed by atoms with Crippen molar-refractivity contribution in [2.75, 3.05) is 0 Å². The Morgan fingerprint density at radius 3 is 2.46 bits per heavy atom. The van der Waals surface area contributed by atoms with Gasteiger partial charge < -0.3 is 9.67 Å². The number of nitrogens with zero attached hydrogens (tertiary/aromatic N) is 2. The summed E-state index contributed by atoms with van der Waals surface area (Å²) >= 11 is 0. The molecule has 0 unspecified atom stereocenters. The predicted octanol–water partition coefficient (Wildman–Crippen LogP) is 3.20. The fraction of sp³-hybridized carbons (Fsp3) is 0.190. The van der Waals surface area contributed by atoms with Crippen LogP contribution in [0.5, 0.6) is 0 Å². The molecule has 0 atom stereocenters. The number of pyridine rings is 2. The number of benzene rings is 1. The lowest BCUT2D eigenvalue weighted by Gasteiger charge is -2.20. The fourth-order valence-electron chi connectivity index (χ4n) is 3.12. The van der Waals surface area contributed by atoms with E-state index in [1.165, 1.54) is 6.07 Å². The van der Waals surface area contributed by atoms with Gasteiger partial charge in [-0.05, 0) is 42.7 Å². The maximum absolute atomic E-state index is 12.4. The van der Waals surface area contributed by atoms with Gasteiger partial charge in [0, 0.05) is 42.8 Å². The quantitative estimate of drug-likeness (QED) is 0.768. The minimum absolute atomic E-state index is 0.159. The van der Waals surface area contributed by atoms with Crippen LogP contribution >= 0.6 is 0 Å². The number of aryl methyl sites for hydroxylation is 2. The first-order chi connectivity index (χ1) is 12.5. The molecule has 3 aromatic rings. The minimum Gasteiger partial charge on any atom is -0.477 e. The molecule has 2 heterocycles. The van der Waals surface area contributed by atoms with E-state index >= 15 is 0 Å². The van der Waals surface area contributed by atoms with Crippen LogP contribution in [0.15, 0.2) is 59.7 Å². The number of aromatic nitrogens is 2. The van der Waals surface area contributed by atoms with E-state index in [1.54, 1.807) is 12.4 Å². The number of hydrogen-bond donors (Lipinski definition) is 1. The summed E-state index contributed by atoms with van der Waals surface area (Å²) < 4.78 is 1.91. The van der Waals surface area contributed by atoms with Gasteiger partial charge in [0.15, 0.2) is 5.43 Å². The lowest BCUT2D eigenvalue weighted by atomic mass is 9.99. The van der Waals surface area contributed by atoms with Gasteiger partial charge in [-0.3, -0.25) is 9.78 Å². The Labute approximate surface area is 151 Å². The second-order valence-corrected chi connectivity index (χ2v) is 6.32. The first-order valence-electron chi connectivity index (χ1n) is 8.37. The molecule has 2 aromatic heterocycles. The highest BCUT2D eigenvalue weighted by molar-refractivity contribution is 5.89. The lowest BCUT2D eigenvalue weighted by Crippen LogP contribution is -2.25. The Morgan fingerprint density at radius 2 is 1.81 bits per heavy atom. The van der Waals surface area contributed by atoms with Crippen molar-refractivity contribution in [1.29, 1.82) is 0 Å². The van der Waals surface area contributed by atoms with Crippen molar-refractivity contribution in [2.24, 2.45) is 0 Å². The summed E-state index contributed by atoms with van der Waals surface area (Å²) in [5, 5.41) is 9.65. The highest BCUT2D eigenvalue weighted by Gasteiger charge is 2.20. The third-order valence-corrected chi connectivity index (χ3v) is 4.55. The molecule has 26 heavy (non-hydrogen) atoms. The number of carbonyl (C=O) groups is 1. The molecule has 1 aromatic carbocycles. The Kier molecular flexibility index (Phi) is 4.98. The van der Waals surface area contributed by atoms with Crippen molar-refractivity contribution >= 4 is 5.97 Å². The molecule has 0 aliphatic heterocycles. The number of carboxylic acid groups (broad SMARTS) is 1. The van der Waals surface area contributed by atoms with Gasteiger partial charge in [0.1, 0.15) is 5.56 Å². The summed E-state index contributed by atoms with van der Waals surface area (Å²) in [5.41, 5.74) is 3.71. The Morgan fingerprint density at radius 1 is 1.12 bits per heavy atom. The Hall–Kier alpha value is -3.21. The summed E-state index contributed by atoms with van der Waals surface area (Å²) in [6.07, 6.45) is 3.79. The smallest absolute Gasteiger partial charge is 0.341 e. The van der Waals surface area contributed by atoms with Crippen molar-refractivity contribution in [3.8, 4) is 0 Å². The summed E-state index contributed by atoms with van der Waals surface area (Å²) in [6, 6.07) is 13.0. The van der Waals surface area contributed by atoms with Gasteiger partial charge in [0.05, 0.1) is 0 Å². The van der Waals surface area contributed by atoms with Crippen LogP contribution in [0.3, 0.4) is 0 Å². The van der Waals surface area contributed by atoms with E-state index in [4.69, 9.17) is 0 Å². The molecule has 0 aliphatic rings.